The van der Waals surface area contributed by atoms with Gasteiger partial charge in [0, 0.05) is 50.2 Å². The van der Waals surface area contributed by atoms with E-state index in [1.165, 1.54) is 12.8 Å². The van der Waals surface area contributed by atoms with E-state index in [1.807, 2.05) is 65.4 Å². The fourth-order valence-electron chi connectivity index (χ4n) is 4.56. The van der Waals surface area contributed by atoms with Crippen molar-refractivity contribution >= 4 is 11.9 Å². The summed E-state index contributed by atoms with van der Waals surface area (Å²) in [5.74, 6) is 0.846. The highest BCUT2D eigenvalue weighted by Crippen LogP contribution is 2.37. The molecule has 154 valence electrons. The highest BCUT2D eigenvalue weighted by molar-refractivity contribution is 5.94. The van der Waals surface area contributed by atoms with E-state index in [4.69, 9.17) is 10.1 Å². The van der Waals surface area contributed by atoms with Crippen molar-refractivity contribution in [2.45, 2.75) is 31.7 Å². The summed E-state index contributed by atoms with van der Waals surface area (Å²) < 4.78 is 1.83. The summed E-state index contributed by atoms with van der Waals surface area (Å²) in [5.41, 5.74) is 3.50. The van der Waals surface area contributed by atoms with Crippen LogP contribution >= 0.6 is 0 Å². The molecule has 2 fully saturated rings. The van der Waals surface area contributed by atoms with Gasteiger partial charge >= 0.3 is 0 Å². The number of benzene rings is 1. The maximum Gasteiger partial charge on any atom is 0.254 e. The number of amides is 1. The van der Waals surface area contributed by atoms with Crippen molar-refractivity contribution in [3.8, 4) is 11.3 Å². The molecule has 1 atom stereocenters. The smallest absolute Gasteiger partial charge is 0.254 e. The van der Waals surface area contributed by atoms with E-state index < -0.39 is 0 Å². The monoisotopic (exact) mass is 402 g/mol. The van der Waals surface area contributed by atoms with Crippen LogP contribution in [-0.4, -0.2) is 50.2 Å². The number of aromatic nitrogens is 4. The minimum Gasteiger partial charge on any atom is -0.341 e. The minimum atomic E-state index is -0.0425. The van der Waals surface area contributed by atoms with Gasteiger partial charge in [-0.15, -0.1) is 0 Å². The van der Waals surface area contributed by atoms with Gasteiger partial charge in [0.05, 0.1) is 17.4 Å². The lowest BCUT2D eigenvalue weighted by Gasteiger charge is -2.24. The van der Waals surface area contributed by atoms with Gasteiger partial charge in [-0.25, -0.2) is 9.97 Å². The van der Waals surface area contributed by atoms with Crippen molar-refractivity contribution in [3.63, 3.8) is 0 Å². The van der Waals surface area contributed by atoms with Crippen molar-refractivity contribution in [3.05, 3.63) is 60.0 Å². The van der Waals surface area contributed by atoms with Crippen LogP contribution < -0.4 is 4.90 Å². The Hall–Kier alpha value is -3.22. The number of carbonyl (C=O) groups excluding carboxylic acids is 1. The largest absolute Gasteiger partial charge is 0.341 e. The molecule has 0 N–H and O–H groups in total. The third kappa shape index (κ3) is 3.44. The quantitative estimate of drug-likeness (QED) is 0.669. The lowest BCUT2D eigenvalue weighted by molar-refractivity contribution is 0.0733. The fraction of sp³-hybridized carbons (Fsp3) is 0.391. The summed E-state index contributed by atoms with van der Waals surface area (Å²) in [4.78, 5) is 26.7. The highest BCUT2D eigenvalue weighted by atomic mass is 16.2. The zero-order valence-corrected chi connectivity index (χ0v) is 17.2. The predicted octanol–water partition coefficient (Wildman–Crippen LogP) is 3.45. The first-order valence-electron chi connectivity index (χ1n) is 10.7. The summed E-state index contributed by atoms with van der Waals surface area (Å²) in [6, 6.07) is 11.4. The van der Waals surface area contributed by atoms with Crippen molar-refractivity contribution in [2.75, 3.05) is 24.5 Å². The molecule has 0 bridgehead atoms. The number of rotatable bonds is 4. The van der Waals surface area contributed by atoms with Crippen molar-refractivity contribution in [1.29, 1.82) is 0 Å². The molecule has 0 radical (unpaired) electrons. The third-order valence-electron chi connectivity index (χ3n) is 6.02. The summed E-state index contributed by atoms with van der Waals surface area (Å²) in [6.07, 6.45) is 8.09. The van der Waals surface area contributed by atoms with E-state index in [0.29, 0.717) is 0 Å². The molecule has 0 spiro atoms. The van der Waals surface area contributed by atoms with Gasteiger partial charge in [-0.05, 0) is 43.9 Å². The molecule has 7 heteroatoms. The molecule has 7 nitrogen and oxygen atoms in total. The summed E-state index contributed by atoms with van der Waals surface area (Å²) in [7, 11) is 1.92. The van der Waals surface area contributed by atoms with Crippen LogP contribution in [0.15, 0.2) is 48.8 Å². The summed E-state index contributed by atoms with van der Waals surface area (Å²) >= 11 is 0. The first kappa shape index (κ1) is 18.8. The number of hydrogen-bond acceptors (Lipinski definition) is 5. The number of aryl methyl sites for hydroxylation is 1. The molecule has 30 heavy (non-hydrogen) atoms. The summed E-state index contributed by atoms with van der Waals surface area (Å²) in [6.45, 7) is 2.76. The number of carbonyl (C=O) groups is 1. The summed E-state index contributed by atoms with van der Waals surface area (Å²) in [5, 5.41) is 4.77. The zero-order valence-electron chi connectivity index (χ0n) is 17.2. The Labute approximate surface area is 176 Å². The van der Waals surface area contributed by atoms with Gasteiger partial charge in [-0.2, -0.15) is 5.10 Å². The number of hydrogen-bond donors (Lipinski definition) is 0. The molecule has 2 aromatic heterocycles. The van der Waals surface area contributed by atoms with Gasteiger partial charge in [0.25, 0.3) is 5.91 Å². The molecule has 3 aromatic rings. The Balaban J connectivity index is 1.49. The average Bonchev–Trinajstić information content (AvgIpc) is 3.54. The van der Waals surface area contributed by atoms with Crippen LogP contribution in [0.5, 0.6) is 0 Å². The molecule has 0 saturated carbocycles. The zero-order chi connectivity index (χ0) is 20.5. The number of nitrogens with zero attached hydrogens (tertiary/aromatic N) is 6. The van der Waals surface area contributed by atoms with E-state index in [9.17, 15) is 4.79 Å². The standard InChI is InChI=1S/C23H26N6O/c1-27-16-18(19-11-12-24-23(25-19)28-13-5-6-14-28)21(26-27)20-10-7-15-29(20)22(30)17-8-3-2-4-9-17/h2-4,8-9,11-12,16,20H,5-7,10,13-15H2,1H3. The van der Waals surface area contributed by atoms with Crippen molar-refractivity contribution in [2.24, 2.45) is 7.05 Å². The highest BCUT2D eigenvalue weighted by Gasteiger charge is 2.34. The van der Waals surface area contributed by atoms with Crippen LogP contribution in [0.25, 0.3) is 11.3 Å². The maximum atomic E-state index is 13.2. The Bertz CT molecular complexity index is 1040. The van der Waals surface area contributed by atoms with Gasteiger partial charge in [-0.3, -0.25) is 9.48 Å². The van der Waals surface area contributed by atoms with Gasteiger partial charge in [0.2, 0.25) is 5.95 Å². The van der Waals surface area contributed by atoms with E-state index in [2.05, 4.69) is 9.88 Å². The Morgan fingerprint density at radius 1 is 1.03 bits per heavy atom. The Morgan fingerprint density at radius 3 is 2.63 bits per heavy atom. The van der Waals surface area contributed by atoms with Crippen molar-refractivity contribution in [1.82, 2.24) is 24.6 Å². The molecule has 4 heterocycles. The van der Waals surface area contributed by atoms with Crippen LogP contribution in [0, 0.1) is 0 Å². The van der Waals surface area contributed by atoms with E-state index in [-0.39, 0.29) is 11.9 Å². The topological polar surface area (TPSA) is 67.2 Å². The molecule has 2 saturated heterocycles. The van der Waals surface area contributed by atoms with Gasteiger partial charge in [-0.1, -0.05) is 18.2 Å². The minimum absolute atomic E-state index is 0.0425. The maximum absolute atomic E-state index is 13.2. The molecular formula is C23H26N6O. The fourth-order valence-corrected chi connectivity index (χ4v) is 4.56. The van der Waals surface area contributed by atoms with Crippen LogP contribution in [0.4, 0.5) is 5.95 Å². The second kappa shape index (κ2) is 7.89. The van der Waals surface area contributed by atoms with Crippen LogP contribution in [0.1, 0.15) is 47.8 Å². The van der Waals surface area contributed by atoms with E-state index in [1.54, 1.807) is 0 Å². The van der Waals surface area contributed by atoms with Gasteiger partial charge in [0.1, 0.15) is 0 Å². The second-order valence-electron chi connectivity index (χ2n) is 8.06. The number of likely N-dealkylation sites (tertiary alicyclic amines) is 1. The molecule has 2 aliphatic heterocycles. The molecular weight excluding hydrogens is 376 g/mol. The lowest BCUT2D eigenvalue weighted by atomic mass is 10.0. The van der Waals surface area contributed by atoms with Crippen LogP contribution in [-0.2, 0) is 7.05 Å². The first-order valence-corrected chi connectivity index (χ1v) is 10.7. The molecule has 1 unspecified atom stereocenters. The van der Waals surface area contributed by atoms with E-state index >= 15 is 0 Å². The van der Waals surface area contributed by atoms with E-state index in [0.717, 1.165) is 60.9 Å². The molecule has 1 aromatic carbocycles. The van der Waals surface area contributed by atoms with Crippen LogP contribution in [0.2, 0.25) is 0 Å². The molecule has 5 rings (SSSR count). The molecule has 0 aliphatic carbocycles. The first-order chi connectivity index (χ1) is 14.7. The predicted molar refractivity (Wildman–Crippen MR) is 115 cm³/mol. The SMILES string of the molecule is Cn1cc(-c2ccnc(N3CCCC3)n2)c(C2CCCN2C(=O)c2ccccc2)n1. The lowest BCUT2D eigenvalue weighted by Crippen LogP contribution is -2.31. The third-order valence-corrected chi connectivity index (χ3v) is 6.02. The van der Waals surface area contributed by atoms with Gasteiger partial charge in [0.15, 0.2) is 0 Å². The van der Waals surface area contributed by atoms with Gasteiger partial charge < -0.3 is 9.80 Å². The van der Waals surface area contributed by atoms with Crippen LogP contribution in [0.3, 0.4) is 0 Å². The second-order valence-corrected chi connectivity index (χ2v) is 8.06. The molecule has 2 aliphatic rings. The van der Waals surface area contributed by atoms with Crippen molar-refractivity contribution < 1.29 is 4.79 Å². The normalized spacial score (nSPS) is 18.9. The Kier molecular flexibility index (Phi) is 4.94. The Morgan fingerprint density at radius 2 is 1.83 bits per heavy atom. The average molecular weight is 403 g/mol. The molecule has 1 amide bonds. The number of anilines is 1.